The van der Waals surface area contributed by atoms with Crippen molar-refractivity contribution in [3.05, 3.63) is 58.1 Å². The van der Waals surface area contributed by atoms with Crippen molar-refractivity contribution in [1.82, 2.24) is 15.3 Å². The van der Waals surface area contributed by atoms with Gasteiger partial charge in [-0.15, -0.1) is 0 Å². The van der Waals surface area contributed by atoms with Crippen LogP contribution in [0, 0.1) is 6.92 Å². The molecule has 0 fully saturated rings. The Balaban J connectivity index is 1.77. The highest BCUT2D eigenvalue weighted by atomic mass is 79.9. The van der Waals surface area contributed by atoms with E-state index in [1.54, 1.807) is 6.20 Å². The van der Waals surface area contributed by atoms with Crippen molar-refractivity contribution >= 4 is 21.8 Å². The lowest BCUT2D eigenvalue weighted by molar-refractivity contribution is -0.121. The lowest BCUT2D eigenvalue weighted by Gasteiger charge is -2.05. The highest BCUT2D eigenvalue weighted by Crippen LogP contribution is 2.11. The van der Waals surface area contributed by atoms with Gasteiger partial charge in [-0.3, -0.25) is 4.79 Å². The van der Waals surface area contributed by atoms with Gasteiger partial charge in [-0.2, -0.15) is 0 Å². The fourth-order valence-corrected chi connectivity index (χ4v) is 2.05. The van der Waals surface area contributed by atoms with Crippen molar-refractivity contribution < 1.29 is 4.79 Å². The smallest absolute Gasteiger partial charge is 0.220 e. The Morgan fingerprint density at radius 1 is 1.25 bits per heavy atom. The van der Waals surface area contributed by atoms with Gasteiger partial charge in [0, 0.05) is 17.1 Å². The zero-order valence-corrected chi connectivity index (χ0v) is 12.9. The lowest BCUT2D eigenvalue weighted by atomic mass is 10.1. The Kier molecular flexibility index (Phi) is 5.24. The summed E-state index contributed by atoms with van der Waals surface area (Å²) in [5, 5.41) is 2.87. The van der Waals surface area contributed by atoms with Crippen molar-refractivity contribution in [1.29, 1.82) is 0 Å². The molecule has 1 aromatic heterocycles. The van der Waals surface area contributed by atoms with Gasteiger partial charge >= 0.3 is 0 Å². The number of hydrogen-bond donors (Lipinski definition) is 1. The molecule has 0 unspecified atom stereocenters. The number of aryl methyl sites for hydroxylation is 2. The standard InChI is InChI=1S/C15H16BrN3O/c1-11-17-9-8-14(19-11)10-18-15(20)7-4-12-2-5-13(16)6-3-12/h2-3,5-6,8-9H,4,7,10H2,1H3,(H,18,20). The summed E-state index contributed by atoms with van der Waals surface area (Å²) in [6.07, 6.45) is 2.92. The van der Waals surface area contributed by atoms with Gasteiger partial charge in [-0.1, -0.05) is 28.1 Å². The number of hydrogen-bond acceptors (Lipinski definition) is 3. The number of carbonyl (C=O) groups excluding carboxylic acids is 1. The minimum atomic E-state index is 0.0317. The summed E-state index contributed by atoms with van der Waals surface area (Å²) in [6.45, 7) is 2.28. The molecule has 0 saturated heterocycles. The molecular weight excluding hydrogens is 318 g/mol. The largest absolute Gasteiger partial charge is 0.350 e. The Morgan fingerprint density at radius 2 is 2.00 bits per heavy atom. The van der Waals surface area contributed by atoms with E-state index in [9.17, 15) is 4.79 Å². The minimum absolute atomic E-state index is 0.0317. The Morgan fingerprint density at radius 3 is 2.70 bits per heavy atom. The van der Waals surface area contributed by atoms with E-state index in [1.807, 2.05) is 37.3 Å². The van der Waals surface area contributed by atoms with E-state index >= 15 is 0 Å². The van der Waals surface area contributed by atoms with Crippen LogP contribution in [0.25, 0.3) is 0 Å². The summed E-state index contributed by atoms with van der Waals surface area (Å²) in [5.74, 6) is 0.746. The third-order valence-corrected chi connectivity index (χ3v) is 3.38. The first-order valence-corrected chi connectivity index (χ1v) is 7.22. The number of rotatable bonds is 5. The maximum atomic E-state index is 11.8. The van der Waals surface area contributed by atoms with Gasteiger partial charge in [0.2, 0.25) is 5.91 Å². The van der Waals surface area contributed by atoms with E-state index in [0.717, 1.165) is 22.2 Å². The van der Waals surface area contributed by atoms with Gasteiger partial charge in [0.25, 0.3) is 0 Å². The number of carbonyl (C=O) groups is 1. The number of aromatic nitrogens is 2. The first kappa shape index (κ1) is 14.7. The van der Waals surface area contributed by atoms with E-state index in [0.29, 0.717) is 18.8 Å². The third-order valence-electron chi connectivity index (χ3n) is 2.85. The van der Waals surface area contributed by atoms with E-state index in [1.165, 1.54) is 0 Å². The van der Waals surface area contributed by atoms with Crippen LogP contribution < -0.4 is 5.32 Å². The van der Waals surface area contributed by atoms with Crippen molar-refractivity contribution in [3.8, 4) is 0 Å². The van der Waals surface area contributed by atoms with Gasteiger partial charge in [0.05, 0.1) is 12.2 Å². The summed E-state index contributed by atoms with van der Waals surface area (Å²) in [4.78, 5) is 20.0. The summed E-state index contributed by atoms with van der Waals surface area (Å²) in [7, 11) is 0. The fourth-order valence-electron chi connectivity index (χ4n) is 1.79. The molecule has 1 amide bonds. The number of amides is 1. The molecule has 0 atom stereocenters. The average Bonchev–Trinajstić information content (AvgIpc) is 2.45. The monoisotopic (exact) mass is 333 g/mol. The molecule has 1 N–H and O–H groups in total. The maximum absolute atomic E-state index is 11.8. The van der Waals surface area contributed by atoms with E-state index in [-0.39, 0.29) is 5.91 Å². The summed E-state index contributed by atoms with van der Waals surface area (Å²) in [5.41, 5.74) is 1.98. The SMILES string of the molecule is Cc1nccc(CNC(=O)CCc2ccc(Br)cc2)n1. The third kappa shape index (κ3) is 4.74. The molecule has 0 aliphatic carbocycles. The molecule has 1 heterocycles. The van der Waals surface area contributed by atoms with Crippen LogP contribution in [0.2, 0.25) is 0 Å². The number of nitrogens with one attached hydrogen (secondary N) is 1. The van der Waals surface area contributed by atoms with Gasteiger partial charge in [-0.25, -0.2) is 9.97 Å². The van der Waals surface area contributed by atoms with Crippen molar-refractivity contribution in [2.24, 2.45) is 0 Å². The van der Waals surface area contributed by atoms with Crippen LogP contribution in [0.15, 0.2) is 41.0 Å². The molecule has 2 aromatic rings. The first-order valence-electron chi connectivity index (χ1n) is 6.43. The molecule has 0 aliphatic heterocycles. The van der Waals surface area contributed by atoms with Crippen LogP contribution in [0.1, 0.15) is 23.5 Å². The molecule has 0 saturated carbocycles. The van der Waals surface area contributed by atoms with Crippen LogP contribution in [0.5, 0.6) is 0 Å². The van der Waals surface area contributed by atoms with Crippen molar-refractivity contribution in [2.75, 3.05) is 0 Å². The van der Waals surface area contributed by atoms with E-state index < -0.39 is 0 Å². The summed E-state index contributed by atoms with van der Waals surface area (Å²) < 4.78 is 1.05. The second-order valence-electron chi connectivity index (χ2n) is 4.50. The van der Waals surface area contributed by atoms with E-state index in [4.69, 9.17) is 0 Å². The number of halogens is 1. The highest BCUT2D eigenvalue weighted by molar-refractivity contribution is 9.10. The molecule has 4 nitrogen and oxygen atoms in total. The molecule has 2 rings (SSSR count). The Bertz CT molecular complexity index is 584. The van der Waals surface area contributed by atoms with Crippen molar-refractivity contribution in [2.45, 2.75) is 26.3 Å². The lowest BCUT2D eigenvalue weighted by Crippen LogP contribution is -2.23. The molecule has 0 radical (unpaired) electrons. The second-order valence-corrected chi connectivity index (χ2v) is 5.41. The highest BCUT2D eigenvalue weighted by Gasteiger charge is 2.03. The molecule has 0 spiro atoms. The predicted octanol–water partition coefficient (Wildman–Crippen LogP) is 2.80. The van der Waals surface area contributed by atoms with Gasteiger partial charge in [-0.05, 0) is 37.1 Å². The fraction of sp³-hybridized carbons (Fsp3) is 0.267. The van der Waals surface area contributed by atoms with Crippen LogP contribution in [0.3, 0.4) is 0 Å². The summed E-state index contributed by atoms with van der Waals surface area (Å²) in [6, 6.07) is 9.81. The van der Waals surface area contributed by atoms with Crippen LogP contribution in [-0.4, -0.2) is 15.9 Å². The molecule has 104 valence electrons. The Labute approximate surface area is 126 Å². The molecule has 5 heteroatoms. The molecule has 20 heavy (non-hydrogen) atoms. The average molecular weight is 334 g/mol. The predicted molar refractivity (Wildman–Crippen MR) is 81.1 cm³/mol. The van der Waals surface area contributed by atoms with Crippen molar-refractivity contribution in [3.63, 3.8) is 0 Å². The minimum Gasteiger partial charge on any atom is -0.350 e. The quantitative estimate of drug-likeness (QED) is 0.915. The number of nitrogens with zero attached hydrogens (tertiary/aromatic N) is 2. The second kappa shape index (κ2) is 7.14. The molecular formula is C15H16BrN3O. The van der Waals surface area contributed by atoms with Gasteiger partial charge in [0.1, 0.15) is 5.82 Å². The van der Waals surface area contributed by atoms with E-state index in [2.05, 4.69) is 31.2 Å². The maximum Gasteiger partial charge on any atom is 0.220 e. The summed E-state index contributed by atoms with van der Waals surface area (Å²) >= 11 is 3.39. The Hall–Kier alpha value is -1.75. The zero-order chi connectivity index (χ0) is 14.4. The normalized spacial score (nSPS) is 10.3. The van der Waals surface area contributed by atoms with Crippen LogP contribution in [-0.2, 0) is 17.8 Å². The molecule has 0 aliphatic rings. The topological polar surface area (TPSA) is 54.9 Å². The van der Waals surface area contributed by atoms with Gasteiger partial charge in [0.15, 0.2) is 0 Å². The molecule has 1 aromatic carbocycles. The molecule has 0 bridgehead atoms. The first-order chi connectivity index (χ1) is 9.63. The van der Waals surface area contributed by atoms with Gasteiger partial charge < -0.3 is 5.32 Å². The number of benzene rings is 1. The van der Waals surface area contributed by atoms with Crippen LogP contribution >= 0.6 is 15.9 Å². The zero-order valence-electron chi connectivity index (χ0n) is 11.3. The van der Waals surface area contributed by atoms with Crippen LogP contribution in [0.4, 0.5) is 0 Å².